The molecule has 4 aliphatic carbocycles. The summed E-state index contributed by atoms with van der Waals surface area (Å²) < 4.78 is 0. The van der Waals surface area contributed by atoms with Gasteiger partial charge >= 0.3 is 0 Å². The standard InChI is InChI=1S/C21H32N2O2/c1-15(21-11-16-8-17(12-21)10-18(9-16)13-21)7-19(24)22(2)14-20(25)23-5-3-4-6-23/h7,16-18H,3-6,8-14H2,1-2H3. The minimum absolute atomic E-state index is 0.000734. The molecule has 0 unspecified atom stereocenters. The van der Waals surface area contributed by atoms with Crippen molar-refractivity contribution < 1.29 is 9.59 Å². The van der Waals surface area contributed by atoms with Gasteiger partial charge in [0.2, 0.25) is 11.8 Å². The Morgan fingerprint density at radius 2 is 1.56 bits per heavy atom. The predicted molar refractivity (Wildman–Crippen MR) is 97.8 cm³/mol. The van der Waals surface area contributed by atoms with Crippen molar-refractivity contribution in [3.63, 3.8) is 0 Å². The van der Waals surface area contributed by atoms with Crippen LogP contribution in [0, 0.1) is 23.2 Å². The summed E-state index contributed by atoms with van der Waals surface area (Å²) in [6, 6.07) is 0. The molecule has 5 fully saturated rings. The second kappa shape index (κ2) is 6.44. The Morgan fingerprint density at radius 3 is 2.08 bits per heavy atom. The van der Waals surface area contributed by atoms with Crippen LogP contribution in [0.3, 0.4) is 0 Å². The number of likely N-dealkylation sites (tertiary alicyclic amines) is 1. The van der Waals surface area contributed by atoms with Crippen LogP contribution >= 0.6 is 0 Å². The Hall–Kier alpha value is -1.32. The van der Waals surface area contributed by atoms with E-state index in [1.165, 1.54) is 44.1 Å². The molecule has 5 rings (SSSR count). The molecule has 0 aromatic carbocycles. The summed E-state index contributed by atoms with van der Waals surface area (Å²) in [6.45, 7) is 4.08. The zero-order chi connectivity index (χ0) is 17.6. The number of nitrogens with zero attached hydrogens (tertiary/aromatic N) is 2. The Balaban J connectivity index is 1.41. The van der Waals surface area contributed by atoms with Crippen LogP contribution in [0.4, 0.5) is 0 Å². The van der Waals surface area contributed by atoms with Gasteiger partial charge < -0.3 is 9.80 Å². The lowest BCUT2D eigenvalue weighted by Gasteiger charge is -2.57. The quantitative estimate of drug-likeness (QED) is 0.735. The maximum Gasteiger partial charge on any atom is 0.246 e. The van der Waals surface area contributed by atoms with Gasteiger partial charge in [0.15, 0.2) is 0 Å². The second-order valence-electron chi connectivity index (χ2n) is 9.31. The molecule has 1 saturated heterocycles. The molecule has 4 saturated carbocycles. The lowest BCUT2D eigenvalue weighted by Crippen LogP contribution is -2.47. The molecule has 0 atom stereocenters. The minimum atomic E-state index is 0.000734. The Labute approximate surface area is 151 Å². The molecule has 0 N–H and O–H groups in total. The summed E-state index contributed by atoms with van der Waals surface area (Å²) in [7, 11) is 1.76. The first-order chi connectivity index (χ1) is 11.9. The zero-order valence-electron chi connectivity index (χ0n) is 15.8. The highest BCUT2D eigenvalue weighted by atomic mass is 16.2. The zero-order valence-corrected chi connectivity index (χ0v) is 15.8. The van der Waals surface area contributed by atoms with Crippen molar-refractivity contribution in [3.05, 3.63) is 11.6 Å². The molecular formula is C21H32N2O2. The molecule has 5 aliphatic rings. The SMILES string of the molecule is CC(=CC(=O)N(C)CC(=O)N1CCCC1)C12CC3CC(CC(C3)C1)C2. The minimum Gasteiger partial charge on any atom is -0.341 e. The molecule has 138 valence electrons. The second-order valence-corrected chi connectivity index (χ2v) is 9.31. The van der Waals surface area contributed by atoms with Gasteiger partial charge in [-0.05, 0) is 81.5 Å². The normalized spacial score (nSPS) is 36.8. The van der Waals surface area contributed by atoms with Crippen molar-refractivity contribution in [1.29, 1.82) is 0 Å². The fraction of sp³-hybridized carbons (Fsp3) is 0.810. The third kappa shape index (κ3) is 3.24. The van der Waals surface area contributed by atoms with Crippen LogP contribution in [0.25, 0.3) is 0 Å². The Morgan fingerprint density at radius 1 is 1.04 bits per heavy atom. The highest BCUT2D eigenvalue weighted by Crippen LogP contribution is 2.62. The Kier molecular flexibility index (Phi) is 4.41. The fourth-order valence-corrected chi connectivity index (χ4v) is 6.39. The van der Waals surface area contributed by atoms with Crippen molar-refractivity contribution in [1.82, 2.24) is 9.80 Å². The van der Waals surface area contributed by atoms with Crippen LogP contribution < -0.4 is 0 Å². The average Bonchev–Trinajstić information content (AvgIpc) is 3.07. The van der Waals surface area contributed by atoms with Gasteiger partial charge in [0.1, 0.15) is 0 Å². The predicted octanol–water partition coefficient (Wildman–Crippen LogP) is 3.23. The van der Waals surface area contributed by atoms with Crippen molar-refractivity contribution in [2.75, 3.05) is 26.7 Å². The smallest absolute Gasteiger partial charge is 0.246 e. The van der Waals surface area contributed by atoms with E-state index in [2.05, 4.69) is 6.92 Å². The topological polar surface area (TPSA) is 40.6 Å². The molecule has 0 aromatic rings. The van der Waals surface area contributed by atoms with E-state index >= 15 is 0 Å². The highest BCUT2D eigenvalue weighted by molar-refractivity contribution is 5.91. The number of carbonyl (C=O) groups is 2. The lowest BCUT2D eigenvalue weighted by molar-refractivity contribution is -0.136. The fourth-order valence-electron chi connectivity index (χ4n) is 6.39. The summed E-state index contributed by atoms with van der Waals surface area (Å²) in [6.07, 6.45) is 12.1. The van der Waals surface area contributed by atoms with E-state index in [4.69, 9.17) is 0 Å². The molecule has 0 spiro atoms. The van der Waals surface area contributed by atoms with Crippen LogP contribution in [0.5, 0.6) is 0 Å². The van der Waals surface area contributed by atoms with E-state index in [0.29, 0.717) is 0 Å². The van der Waals surface area contributed by atoms with Crippen molar-refractivity contribution in [2.24, 2.45) is 23.2 Å². The van der Waals surface area contributed by atoms with E-state index in [1.54, 1.807) is 11.9 Å². The first kappa shape index (κ1) is 17.1. The third-order valence-electron chi connectivity index (χ3n) is 7.42. The highest BCUT2D eigenvalue weighted by Gasteiger charge is 2.51. The lowest BCUT2D eigenvalue weighted by atomic mass is 9.48. The average molecular weight is 344 g/mol. The van der Waals surface area contributed by atoms with Crippen molar-refractivity contribution in [2.45, 2.75) is 58.3 Å². The number of allylic oxidation sites excluding steroid dienone is 1. The van der Waals surface area contributed by atoms with Crippen LogP contribution in [-0.2, 0) is 9.59 Å². The van der Waals surface area contributed by atoms with Crippen molar-refractivity contribution in [3.8, 4) is 0 Å². The molecule has 2 amide bonds. The van der Waals surface area contributed by atoms with Gasteiger partial charge in [0, 0.05) is 26.2 Å². The first-order valence-electron chi connectivity index (χ1n) is 10.2. The van der Waals surface area contributed by atoms with Gasteiger partial charge in [-0.3, -0.25) is 9.59 Å². The summed E-state index contributed by atoms with van der Waals surface area (Å²) in [5.41, 5.74) is 1.56. The van der Waals surface area contributed by atoms with Gasteiger partial charge in [-0.15, -0.1) is 0 Å². The molecule has 4 nitrogen and oxygen atoms in total. The molecule has 25 heavy (non-hydrogen) atoms. The maximum atomic E-state index is 12.7. The molecular weight excluding hydrogens is 312 g/mol. The van der Waals surface area contributed by atoms with Gasteiger partial charge in [-0.25, -0.2) is 0 Å². The van der Waals surface area contributed by atoms with Crippen LogP contribution in [-0.4, -0.2) is 48.3 Å². The van der Waals surface area contributed by atoms with Crippen LogP contribution in [0.1, 0.15) is 58.3 Å². The molecule has 4 bridgehead atoms. The van der Waals surface area contributed by atoms with Crippen LogP contribution in [0.15, 0.2) is 11.6 Å². The number of amides is 2. The van der Waals surface area contributed by atoms with E-state index in [1.807, 2.05) is 11.0 Å². The molecule has 1 aliphatic heterocycles. The summed E-state index contributed by atoms with van der Waals surface area (Å²) in [5.74, 6) is 2.76. The first-order valence-corrected chi connectivity index (χ1v) is 10.2. The van der Waals surface area contributed by atoms with E-state index in [0.717, 1.165) is 43.7 Å². The van der Waals surface area contributed by atoms with Gasteiger partial charge in [0.05, 0.1) is 6.54 Å². The maximum absolute atomic E-state index is 12.7. The summed E-state index contributed by atoms with van der Waals surface area (Å²) in [4.78, 5) is 28.4. The molecule has 4 heteroatoms. The summed E-state index contributed by atoms with van der Waals surface area (Å²) >= 11 is 0. The van der Waals surface area contributed by atoms with Crippen LogP contribution in [0.2, 0.25) is 0 Å². The van der Waals surface area contributed by atoms with Gasteiger partial charge in [-0.1, -0.05) is 5.57 Å². The number of rotatable bonds is 4. The van der Waals surface area contributed by atoms with E-state index in [-0.39, 0.29) is 23.8 Å². The number of carbonyl (C=O) groups excluding carboxylic acids is 2. The summed E-state index contributed by atoms with van der Waals surface area (Å²) in [5, 5.41) is 0. The number of hydrogen-bond acceptors (Lipinski definition) is 2. The van der Waals surface area contributed by atoms with Gasteiger partial charge in [-0.2, -0.15) is 0 Å². The molecule has 1 heterocycles. The molecule has 0 aromatic heterocycles. The van der Waals surface area contributed by atoms with E-state index in [9.17, 15) is 9.59 Å². The number of likely N-dealkylation sites (N-methyl/N-ethyl adjacent to an activating group) is 1. The van der Waals surface area contributed by atoms with Gasteiger partial charge in [0.25, 0.3) is 0 Å². The monoisotopic (exact) mass is 344 g/mol. The Bertz CT molecular complexity index is 553. The number of hydrogen-bond donors (Lipinski definition) is 0. The van der Waals surface area contributed by atoms with E-state index < -0.39 is 0 Å². The third-order valence-corrected chi connectivity index (χ3v) is 7.42. The largest absolute Gasteiger partial charge is 0.341 e. The molecule has 0 radical (unpaired) electrons. The van der Waals surface area contributed by atoms with Crippen molar-refractivity contribution >= 4 is 11.8 Å².